The summed E-state index contributed by atoms with van der Waals surface area (Å²) in [7, 11) is 2.11. The van der Waals surface area contributed by atoms with Crippen molar-refractivity contribution in [1.82, 2.24) is 72.5 Å². The third kappa shape index (κ3) is 8.64. The van der Waals surface area contributed by atoms with E-state index in [4.69, 9.17) is 13.5 Å². The summed E-state index contributed by atoms with van der Waals surface area (Å²) < 4.78 is 51.2. The lowest BCUT2D eigenvalue weighted by Crippen LogP contribution is -2.30. The van der Waals surface area contributed by atoms with Gasteiger partial charge in [-0.25, -0.2) is 33.7 Å². The van der Waals surface area contributed by atoms with Gasteiger partial charge in [0.15, 0.2) is 80.3 Å². The zero-order chi connectivity index (χ0) is 70.2. The maximum absolute atomic E-state index is 7.91. The first kappa shape index (κ1) is 55.3. The second-order valence-corrected chi connectivity index (χ2v) is 29.4. The van der Waals surface area contributed by atoms with Crippen LogP contribution >= 0.6 is 45.3 Å². The number of pyridine rings is 9. The van der Waals surface area contributed by atoms with Gasteiger partial charge in [-0.05, 0) is 173 Å². The van der Waals surface area contributed by atoms with Crippen molar-refractivity contribution in [2.24, 2.45) is 14.0 Å². The average Bonchev–Trinajstić information content (AvgIpc) is 1.56. The van der Waals surface area contributed by atoms with Crippen LogP contribution in [-0.4, -0.2) is 72.5 Å². The van der Waals surface area contributed by atoms with Crippen LogP contribution in [-0.2, 0) is 46.7 Å². The molecule has 0 atom stereocenters. The van der Waals surface area contributed by atoms with E-state index in [-0.39, 0.29) is 0 Å². The first-order valence-corrected chi connectivity index (χ1v) is 36.6. The van der Waals surface area contributed by atoms with Crippen molar-refractivity contribution in [2.75, 3.05) is 0 Å². The zero-order valence-electron chi connectivity index (χ0n) is 57.4. The Balaban J connectivity index is 0.0000000830. The second kappa shape index (κ2) is 22.5. The van der Waals surface area contributed by atoms with Crippen molar-refractivity contribution in [1.29, 1.82) is 0 Å². The number of hydrogen-bond acceptors (Lipinski definition) is 15. The monoisotopic (exact) mass is 1420 g/mol. The highest BCUT2D eigenvalue weighted by Gasteiger charge is 2.41. The number of hydrogen-bond donors (Lipinski definition) is 0. The summed E-state index contributed by atoms with van der Waals surface area (Å²) in [6.07, 6.45) is 24.5. The Morgan fingerprint density at radius 2 is 0.874 bits per heavy atom. The molecule has 0 unspecified atom stereocenters. The Kier molecular flexibility index (Phi) is 12.1. The van der Waals surface area contributed by atoms with Crippen LogP contribution in [0.25, 0.3) is 156 Å². The minimum absolute atomic E-state index is 0.646. The molecule has 0 saturated heterocycles. The summed E-state index contributed by atoms with van der Waals surface area (Å²) in [5.74, 6) is 0. The van der Waals surface area contributed by atoms with Crippen LogP contribution in [0.4, 0.5) is 0 Å². The molecule has 25 heterocycles. The molecule has 5 aliphatic heterocycles. The number of rotatable bonds is 1. The second-order valence-electron chi connectivity index (χ2n) is 25.5. The van der Waals surface area contributed by atoms with Gasteiger partial charge in [-0.2, -0.15) is 18.3 Å². The van der Waals surface area contributed by atoms with Gasteiger partial charge in [-0.15, -0.1) is 0 Å². The topological polar surface area (TPSA) is 186 Å². The average molecular weight is 1420 g/mol. The fraction of sp³-hybridized carbons (Fsp3) is 0.0897. The van der Waals surface area contributed by atoms with Crippen molar-refractivity contribution in [2.45, 2.75) is 32.7 Å². The third-order valence-corrected chi connectivity index (χ3v) is 24.7. The summed E-state index contributed by atoms with van der Waals surface area (Å²) >= 11 is 6.81. The highest BCUT2D eigenvalue weighted by molar-refractivity contribution is 7.22. The molecular formula is C78H53N20OS4+5. The van der Waals surface area contributed by atoms with Gasteiger partial charge in [0.2, 0.25) is 5.65 Å². The number of thiazole rings is 4. The number of furan rings is 1. The molecule has 0 spiro atoms. The van der Waals surface area contributed by atoms with Gasteiger partial charge in [0.1, 0.15) is 35.5 Å². The molecule has 26 rings (SSSR count). The Morgan fingerprint density at radius 3 is 1.47 bits per heavy atom. The molecule has 0 radical (unpaired) electrons. The quantitative estimate of drug-likeness (QED) is 0.142. The number of aromatic nitrogens is 20. The van der Waals surface area contributed by atoms with Gasteiger partial charge in [-0.1, -0.05) is 18.2 Å². The van der Waals surface area contributed by atoms with Crippen molar-refractivity contribution >= 4 is 142 Å². The third-order valence-electron chi connectivity index (χ3n) is 19.9. The molecule has 1 aromatic carbocycles. The molecular weight excluding hydrogens is 1360 g/mol. The number of fused-ring (bicyclic) bond motifs is 35. The summed E-state index contributed by atoms with van der Waals surface area (Å²) in [5.41, 5.74) is 28.1. The molecule has 20 aromatic heterocycles. The molecule has 490 valence electrons. The van der Waals surface area contributed by atoms with Gasteiger partial charge < -0.3 is 13.6 Å². The summed E-state index contributed by atoms with van der Waals surface area (Å²) in [5, 5.41) is 4.82. The maximum atomic E-state index is 7.91. The lowest BCUT2D eigenvalue weighted by atomic mass is 10.2. The molecule has 0 fully saturated rings. The molecule has 0 amide bonds. The van der Waals surface area contributed by atoms with E-state index >= 15 is 0 Å². The predicted octanol–water partition coefficient (Wildman–Crippen LogP) is 13.0. The number of nitrogens with zero attached hydrogens (tertiary/aromatic N) is 20. The van der Waals surface area contributed by atoms with Crippen LogP contribution in [0.15, 0.2) is 231 Å². The Labute approximate surface area is 602 Å². The van der Waals surface area contributed by atoms with Crippen LogP contribution in [0, 0.1) is 0 Å². The highest BCUT2D eigenvalue weighted by atomic mass is 32.1. The largest absolute Gasteiger partial charge is 0.437 e. The minimum atomic E-state index is -2.24. The summed E-state index contributed by atoms with van der Waals surface area (Å²) in [6.45, 7) is 1.73. The fourth-order valence-electron chi connectivity index (χ4n) is 15.4. The van der Waals surface area contributed by atoms with Crippen LogP contribution < -0.4 is 22.7 Å². The van der Waals surface area contributed by atoms with E-state index in [1.54, 1.807) is 29.8 Å². The van der Waals surface area contributed by atoms with E-state index < -0.39 is 6.98 Å². The van der Waals surface area contributed by atoms with Gasteiger partial charge in [0, 0.05) is 91.4 Å². The minimum Gasteiger partial charge on any atom is -0.437 e. The molecule has 0 aliphatic carbocycles. The van der Waals surface area contributed by atoms with Gasteiger partial charge in [-0.3, -0.25) is 34.1 Å². The van der Waals surface area contributed by atoms with E-state index in [9.17, 15) is 0 Å². The summed E-state index contributed by atoms with van der Waals surface area (Å²) in [6, 6.07) is 48.7. The van der Waals surface area contributed by atoms with Gasteiger partial charge in [0.25, 0.3) is 52.6 Å². The van der Waals surface area contributed by atoms with Crippen molar-refractivity contribution in [3.63, 3.8) is 0 Å². The molecule has 0 saturated carbocycles. The molecule has 25 heteroatoms. The van der Waals surface area contributed by atoms with Crippen LogP contribution in [0.2, 0.25) is 0 Å². The van der Waals surface area contributed by atoms with Crippen molar-refractivity contribution < 1.29 is 31.2 Å². The normalized spacial score (nSPS) is 13.5. The van der Waals surface area contributed by atoms with E-state index in [0.29, 0.717) is 12.1 Å². The number of benzene rings is 1. The Morgan fingerprint density at radius 1 is 0.417 bits per heavy atom. The molecule has 5 aliphatic rings. The van der Waals surface area contributed by atoms with Crippen LogP contribution in [0.1, 0.15) is 32.6 Å². The highest BCUT2D eigenvalue weighted by Crippen LogP contribution is 2.44. The molecule has 21 nitrogen and oxygen atoms in total. The van der Waals surface area contributed by atoms with Gasteiger partial charge >= 0.3 is 0 Å². The molecule has 21 aromatic rings. The van der Waals surface area contributed by atoms with E-state index in [1.165, 1.54) is 90.8 Å². The van der Waals surface area contributed by atoms with E-state index in [1.807, 2.05) is 151 Å². The van der Waals surface area contributed by atoms with Crippen LogP contribution in [0.5, 0.6) is 0 Å². The number of imidazole rings is 2. The predicted molar refractivity (Wildman–Crippen MR) is 397 cm³/mol. The smallest absolute Gasteiger partial charge is 0.290 e. The van der Waals surface area contributed by atoms with Crippen molar-refractivity contribution in [3.8, 4) is 59.2 Å². The molecule has 103 heavy (non-hydrogen) atoms. The Hall–Kier alpha value is -12.6. The Bertz CT molecular complexity index is 7250. The maximum Gasteiger partial charge on any atom is 0.290 e. The molecule has 0 bridgehead atoms. The van der Waals surface area contributed by atoms with E-state index in [2.05, 4.69) is 172 Å². The first-order valence-electron chi connectivity index (χ1n) is 34.9. The lowest BCUT2D eigenvalue weighted by molar-refractivity contribution is -0.641. The van der Waals surface area contributed by atoms with Crippen LogP contribution in [0.3, 0.4) is 0 Å². The number of aryl methyl sites for hydroxylation is 2. The summed E-state index contributed by atoms with van der Waals surface area (Å²) in [4.78, 5) is 49.2. The standard InChI is InChI=1S/C20H13N4S.2C15H11N4S.C14H10N5.C14H8N3OS/c1-2-6-13(7-3-1)24-16-9-5-11-22-17(16)18-20(24)25-19-14-8-4-10-21-15(14)12-23(18)19;2*1-18-11-5-3-7-17-12(11)13-15(18)20-14-9-4-2-6-16-10(9)8-19(13)14;1-3-10-11(15-4-1)7-17-9-18-8-12-16-5-2-6-19(12)14(18)13(10)17;1-3-8-9(15-5-1)7-17-12-11-10(4-2-6-16-11)18-14(12)19-13(8)17/h1-11H,12H2;2*2-7H,8H2,1H3;1-6,8-9H,7H2;1-6H,7H2/q5*+1/i;1D3;;;. The lowest BCUT2D eigenvalue weighted by Gasteiger charge is -2.04. The van der Waals surface area contributed by atoms with Crippen molar-refractivity contribution in [3.05, 3.63) is 255 Å². The van der Waals surface area contributed by atoms with Gasteiger partial charge in [0.05, 0.1) is 50.7 Å². The zero-order valence-corrected chi connectivity index (χ0v) is 57.6. The molecule has 0 N–H and O–H groups in total. The SMILES string of the molecule is Cn1c2cccnc2c2c1sc1[n+]2Cc2ncccc2-1.[2H]C([2H])([2H])n1c2cccnc2c2c1sc1[n+]2Cc2ncccc2-1.c1ccc(-n2c3cccnc3c3c2sc2[n+]3Cc3ncccc3-2)cc1.c1cnc2c(c1)-c1c3n4cccnc4c[n+]3cn1C2.c1cnc2c(c1)-c1sc3oc4cccnc4c3[n+]1C2. The first-order chi connectivity index (χ1) is 52.1. The number of para-hydroxylation sites is 1. The van der Waals surface area contributed by atoms with E-state index in [0.717, 1.165) is 130 Å². The fourth-order valence-corrected chi connectivity index (χ4v) is 20.5.